The van der Waals surface area contributed by atoms with Crippen molar-refractivity contribution < 1.29 is 0 Å². The molecule has 0 radical (unpaired) electrons. The highest BCUT2D eigenvalue weighted by molar-refractivity contribution is 5.68. The van der Waals surface area contributed by atoms with Crippen LogP contribution in [-0.4, -0.2) is 24.8 Å². The first-order valence-corrected chi connectivity index (χ1v) is 6.89. The van der Waals surface area contributed by atoms with E-state index in [9.17, 15) is 0 Å². The molecule has 1 N–H and O–H groups in total. The molecular formula is C15H18N6. The molecule has 3 aromatic heterocycles. The maximum Gasteiger partial charge on any atom is 0.152 e. The van der Waals surface area contributed by atoms with Gasteiger partial charge in [-0.25, -0.2) is 9.50 Å². The zero-order chi connectivity index (χ0) is 14.9. The fourth-order valence-electron chi connectivity index (χ4n) is 2.03. The van der Waals surface area contributed by atoms with E-state index >= 15 is 0 Å². The summed E-state index contributed by atoms with van der Waals surface area (Å²) in [4.78, 5) is 4.40. The van der Waals surface area contributed by atoms with Crippen LogP contribution in [0.1, 0.15) is 32.2 Å². The predicted octanol–water partition coefficient (Wildman–Crippen LogP) is 2.43. The van der Waals surface area contributed by atoms with Gasteiger partial charge in [-0.1, -0.05) is 20.8 Å². The predicted molar refractivity (Wildman–Crippen MR) is 81.0 cm³/mol. The minimum Gasteiger partial charge on any atom is -0.363 e. The zero-order valence-electron chi connectivity index (χ0n) is 12.4. The van der Waals surface area contributed by atoms with Gasteiger partial charge in [0.05, 0.1) is 17.9 Å². The van der Waals surface area contributed by atoms with Crippen LogP contribution in [0.4, 0.5) is 5.82 Å². The average molecular weight is 282 g/mol. The number of fused-ring (bicyclic) bond motifs is 1. The summed E-state index contributed by atoms with van der Waals surface area (Å²) in [7, 11) is 0. The molecule has 0 saturated carbocycles. The molecule has 0 spiro atoms. The van der Waals surface area contributed by atoms with E-state index in [-0.39, 0.29) is 5.41 Å². The van der Waals surface area contributed by atoms with Gasteiger partial charge in [-0.2, -0.15) is 15.3 Å². The van der Waals surface area contributed by atoms with Crippen LogP contribution in [0, 0.1) is 0 Å². The lowest BCUT2D eigenvalue weighted by molar-refractivity contribution is 0.562. The molecule has 6 heteroatoms. The number of hydrogen-bond acceptors (Lipinski definition) is 5. The van der Waals surface area contributed by atoms with E-state index in [1.54, 1.807) is 12.4 Å². The van der Waals surface area contributed by atoms with Crippen LogP contribution in [0.3, 0.4) is 0 Å². The second-order valence-electron chi connectivity index (χ2n) is 5.95. The van der Waals surface area contributed by atoms with Crippen molar-refractivity contribution in [2.24, 2.45) is 0 Å². The number of nitrogens with zero attached hydrogens (tertiary/aromatic N) is 5. The topological polar surface area (TPSA) is 68.0 Å². The second kappa shape index (κ2) is 5.12. The Morgan fingerprint density at radius 3 is 2.81 bits per heavy atom. The molecule has 3 rings (SSSR count). The Labute approximate surface area is 123 Å². The number of anilines is 1. The summed E-state index contributed by atoms with van der Waals surface area (Å²) >= 11 is 0. The van der Waals surface area contributed by atoms with Crippen LogP contribution >= 0.6 is 0 Å². The fraction of sp³-hybridized carbons (Fsp3) is 0.333. The lowest BCUT2D eigenvalue weighted by atomic mass is 9.92. The lowest BCUT2D eigenvalue weighted by Crippen LogP contribution is -2.11. The SMILES string of the molecule is CC(C)(C)c1cc2c(NCc3cccnn3)nccn2n1. The molecule has 0 saturated heterocycles. The highest BCUT2D eigenvalue weighted by Gasteiger charge is 2.18. The van der Waals surface area contributed by atoms with Crippen LogP contribution in [-0.2, 0) is 12.0 Å². The molecule has 3 heterocycles. The number of hydrogen-bond donors (Lipinski definition) is 1. The van der Waals surface area contributed by atoms with Gasteiger partial charge in [-0.05, 0) is 18.2 Å². The van der Waals surface area contributed by atoms with Gasteiger partial charge in [0.15, 0.2) is 5.82 Å². The van der Waals surface area contributed by atoms with Crippen molar-refractivity contribution in [1.82, 2.24) is 24.8 Å². The highest BCUT2D eigenvalue weighted by atomic mass is 15.2. The fourth-order valence-corrected chi connectivity index (χ4v) is 2.03. The first-order valence-electron chi connectivity index (χ1n) is 6.89. The quantitative estimate of drug-likeness (QED) is 0.799. The standard InChI is InChI=1S/C15H18N6/c1-15(2,3)13-9-12-14(16-7-8-21(12)20-13)17-10-11-5-4-6-18-19-11/h4-9H,10H2,1-3H3,(H,16,17). The van der Waals surface area contributed by atoms with Gasteiger partial charge in [0, 0.05) is 24.0 Å². The molecule has 0 amide bonds. The molecule has 3 aromatic rings. The van der Waals surface area contributed by atoms with Crippen molar-refractivity contribution in [3.05, 3.63) is 48.2 Å². The van der Waals surface area contributed by atoms with Gasteiger partial charge in [0.1, 0.15) is 5.52 Å². The molecule has 0 aliphatic rings. The molecule has 0 fully saturated rings. The first kappa shape index (κ1) is 13.5. The third-order valence-electron chi connectivity index (χ3n) is 3.22. The third kappa shape index (κ3) is 2.84. The number of nitrogens with one attached hydrogen (secondary N) is 1. The Balaban J connectivity index is 1.90. The summed E-state index contributed by atoms with van der Waals surface area (Å²) < 4.78 is 1.85. The number of aromatic nitrogens is 5. The summed E-state index contributed by atoms with van der Waals surface area (Å²) in [6.07, 6.45) is 5.26. The van der Waals surface area contributed by atoms with Crippen LogP contribution in [0.15, 0.2) is 36.8 Å². The Kier molecular flexibility index (Phi) is 3.29. The summed E-state index contributed by atoms with van der Waals surface area (Å²) in [5.41, 5.74) is 2.88. The Morgan fingerprint density at radius 1 is 1.24 bits per heavy atom. The Bertz CT molecular complexity index is 742. The van der Waals surface area contributed by atoms with Crippen molar-refractivity contribution in [3.63, 3.8) is 0 Å². The normalized spacial score (nSPS) is 11.8. The minimum absolute atomic E-state index is 0.00813. The maximum absolute atomic E-state index is 4.61. The zero-order valence-corrected chi connectivity index (χ0v) is 12.4. The van der Waals surface area contributed by atoms with Crippen LogP contribution in [0.25, 0.3) is 5.52 Å². The first-order chi connectivity index (χ1) is 10.0. The highest BCUT2D eigenvalue weighted by Crippen LogP contribution is 2.24. The lowest BCUT2D eigenvalue weighted by Gasteiger charge is -2.13. The van der Waals surface area contributed by atoms with Gasteiger partial charge < -0.3 is 5.32 Å². The summed E-state index contributed by atoms with van der Waals surface area (Å²) in [5.74, 6) is 0.797. The summed E-state index contributed by atoms with van der Waals surface area (Å²) in [6.45, 7) is 7.02. The van der Waals surface area contributed by atoms with Gasteiger partial charge in [-0.15, -0.1) is 0 Å². The van der Waals surface area contributed by atoms with E-state index in [1.807, 2.05) is 22.8 Å². The second-order valence-corrected chi connectivity index (χ2v) is 5.95. The molecule has 6 nitrogen and oxygen atoms in total. The van der Waals surface area contributed by atoms with E-state index in [0.29, 0.717) is 6.54 Å². The van der Waals surface area contributed by atoms with E-state index in [0.717, 1.165) is 22.7 Å². The van der Waals surface area contributed by atoms with E-state index < -0.39 is 0 Å². The smallest absolute Gasteiger partial charge is 0.152 e. The number of rotatable bonds is 3. The van der Waals surface area contributed by atoms with E-state index in [4.69, 9.17) is 0 Å². The third-order valence-corrected chi connectivity index (χ3v) is 3.22. The monoisotopic (exact) mass is 282 g/mol. The molecule has 0 aromatic carbocycles. The van der Waals surface area contributed by atoms with Gasteiger partial charge in [0.25, 0.3) is 0 Å². The van der Waals surface area contributed by atoms with Crippen molar-refractivity contribution in [2.75, 3.05) is 5.32 Å². The largest absolute Gasteiger partial charge is 0.363 e. The average Bonchev–Trinajstić information content (AvgIpc) is 2.91. The Hall–Kier alpha value is -2.50. The van der Waals surface area contributed by atoms with Gasteiger partial charge >= 0.3 is 0 Å². The van der Waals surface area contributed by atoms with E-state index in [2.05, 4.69) is 52.4 Å². The molecule has 21 heavy (non-hydrogen) atoms. The molecule has 0 bridgehead atoms. The van der Waals surface area contributed by atoms with E-state index in [1.165, 1.54) is 0 Å². The molecule has 108 valence electrons. The Morgan fingerprint density at radius 2 is 2.10 bits per heavy atom. The van der Waals surface area contributed by atoms with Crippen molar-refractivity contribution >= 4 is 11.3 Å². The summed E-state index contributed by atoms with van der Waals surface area (Å²) in [6, 6.07) is 5.87. The molecule has 0 aliphatic heterocycles. The van der Waals surface area contributed by atoms with Gasteiger partial charge in [-0.3, -0.25) is 0 Å². The maximum atomic E-state index is 4.61. The van der Waals surface area contributed by atoms with Crippen molar-refractivity contribution in [1.29, 1.82) is 0 Å². The van der Waals surface area contributed by atoms with Crippen LogP contribution in [0.5, 0.6) is 0 Å². The minimum atomic E-state index is 0.00813. The molecule has 0 unspecified atom stereocenters. The van der Waals surface area contributed by atoms with Gasteiger partial charge in [0.2, 0.25) is 0 Å². The van der Waals surface area contributed by atoms with Crippen LogP contribution < -0.4 is 5.32 Å². The van der Waals surface area contributed by atoms with Crippen molar-refractivity contribution in [3.8, 4) is 0 Å². The molecule has 0 atom stereocenters. The van der Waals surface area contributed by atoms with Crippen LogP contribution in [0.2, 0.25) is 0 Å². The molecule has 0 aliphatic carbocycles. The molecular weight excluding hydrogens is 264 g/mol. The van der Waals surface area contributed by atoms with Crippen molar-refractivity contribution in [2.45, 2.75) is 32.7 Å². The summed E-state index contributed by atoms with van der Waals surface area (Å²) in [5, 5.41) is 15.8.